The summed E-state index contributed by atoms with van der Waals surface area (Å²) in [4.78, 5) is 4.18. The number of allylic oxidation sites excluding steroid dienone is 8. The molecule has 45 heavy (non-hydrogen) atoms. The van der Waals surface area contributed by atoms with Gasteiger partial charge in [0.2, 0.25) is 0 Å². The Hall–Kier alpha value is -5.01. The van der Waals surface area contributed by atoms with E-state index >= 15 is 0 Å². The maximum absolute atomic E-state index is 4.18. The molecule has 2 unspecified atom stereocenters. The number of rotatable bonds is 12. The van der Waals surface area contributed by atoms with E-state index in [0.29, 0.717) is 0 Å². The first-order valence-electron chi connectivity index (χ1n) is 15.9. The van der Waals surface area contributed by atoms with Gasteiger partial charge in [-0.3, -0.25) is 4.98 Å². The first-order valence-corrected chi connectivity index (χ1v) is 15.9. The zero-order valence-electron chi connectivity index (χ0n) is 26.8. The van der Waals surface area contributed by atoms with Gasteiger partial charge in [-0.25, -0.2) is 0 Å². The third kappa shape index (κ3) is 7.05. The predicted octanol–water partition coefficient (Wildman–Crippen LogP) is 12.3. The molecule has 1 nitrogen and oxygen atoms in total. The maximum Gasteiger partial charge on any atom is 0.0270 e. The molecule has 1 heteroatoms. The molecule has 5 rings (SSSR count). The van der Waals surface area contributed by atoms with E-state index in [9.17, 15) is 0 Å². The highest BCUT2D eigenvalue weighted by atomic mass is 14.6. The molecule has 0 aliphatic heterocycles. The van der Waals surface area contributed by atoms with Crippen molar-refractivity contribution in [3.05, 3.63) is 180 Å². The van der Waals surface area contributed by atoms with Crippen molar-refractivity contribution in [1.82, 2.24) is 4.98 Å². The molecule has 0 saturated carbocycles. The smallest absolute Gasteiger partial charge is 0.0270 e. The van der Waals surface area contributed by atoms with Gasteiger partial charge in [0.25, 0.3) is 0 Å². The lowest BCUT2D eigenvalue weighted by atomic mass is 9.83. The van der Waals surface area contributed by atoms with Crippen molar-refractivity contribution in [1.29, 1.82) is 0 Å². The summed E-state index contributed by atoms with van der Waals surface area (Å²) in [6.45, 7) is 14.6. The van der Waals surface area contributed by atoms with Gasteiger partial charge in [0.1, 0.15) is 0 Å². The Balaban J connectivity index is 1.56. The molecule has 0 bridgehead atoms. The molecule has 4 aromatic carbocycles. The van der Waals surface area contributed by atoms with E-state index in [0.717, 1.165) is 18.4 Å². The van der Waals surface area contributed by atoms with Crippen molar-refractivity contribution >= 4 is 39.3 Å². The van der Waals surface area contributed by atoms with Gasteiger partial charge < -0.3 is 0 Å². The highest BCUT2D eigenvalue weighted by Crippen LogP contribution is 2.39. The molecule has 0 amide bonds. The second-order valence-corrected chi connectivity index (χ2v) is 11.5. The molecular weight excluding hydrogens is 542 g/mol. The Morgan fingerprint density at radius 1 is 0.800 bits per heavy atom. The monoisotopic (exact) mass is 585 g/mol. The van der Waals surface area contributed by atoms with Crippen LogP contribution in [0.25, 0.3) is 39.3 Å². The van der Waals surface area contributed by atoms with Gasteiger partial charge in [-0.05, 0) is 111 Å². The fraction of sp³-hybridized carbons (Fsp3) is 0.159. The van der Waals surface area contributed by atoms with Crippen molar-refractivity contribution in [3.63, 3.8) is 0 Å². The Labute approximate surface area is 269 Å². The van der Waals surface area contributed by atoms with Crippen LogP contribution in [0.2, 0.25) is 0 Å². The number of hydrogen-bond donors (Lipinski definition) is 0. The van der Waals surface area contributed by atoms with Crippen molar-refractivity contribution < 1.29 is 0 Å². The van der Waals surface area contributed by atoms with Gasteiger partial charge in [-0.2, -0.15) is 0 Å². The molecule has 0 N–H and O–H groups in total. The van der Waals surface area contributed by atoms with Crippen LogP contribution in [0, 0.1) is 0 Å². The summed E-state index contributed by atoms with van der Waals surface area (Å²) in [5.74, 6) is 0.547. The van der Waals surface area contributed by atoms with E-state index in [1.165, 1.54) is 54.9 Å². The molecule has 2 atom stereocenters. The zero-order valence-corrected chi connectivity index (χ0v) is 26.8. The van der Waals surface area contributed by atoms with Crippen LogP contribution in [0.15, 0.2) is 147 Å². The Bertz CT molecular complexity index is 1860. The van der Waals surface area contributed by atoms with E-state index in [4.69, 9.17) is 0 Å². The second-order valence-electron chi connectivity index (χ2n) is 11.5. The summed E-state index contributed by atoms with van der Waals surface area (Å²) in [5, 5.41) is 5.27. The summed E-state index contributed by atoms with van der Waals surface area (Å²) >= 11 is 0. The Morgan fingerprint density at radius 3 is 2.07 bits per heavy atom. The lowest BCUT2D eigenvalue weighted by Crippen LogP contribution is -2.00. The number of pyridine rings is 1. The minimum absolute atomic E-state index is 0.265. The van der Waals surface area contributed by atoms with Gasteiger partial charge in [-0.1, -0.05) is 129 Å². The molecule has 1 aromatic heterocycles. The van der Waals surface area contributed by atoms with Crippen LogP contribution in [-0.4, -0.2) is 4.98 Å². The summed E-state index contributed by atoms with van der Waals surface area (Å²) in [7, 11) is 0. The van der Waals surface area contributed by atoms with Gasteiger partial charge in [0.05, 0.1) is 0 Å². The first kappa shape index (κ1) is 31.4. The van der Waals surface area contributed by atoms with Crippen molar-refractivity contribution in [2.75, 3.05) is 0 Å². The first-order chi connectivity index (χ1) is 22.1. The van der Waals surface area contributed by atoms with Gasteiger partial charge in [0.15, 0.2) is 0 Å². The molecule has 0 saturated heterocycles. The topological polar surface area (TPSA) is 12.9 Å². The Kier molecular flexibility index (Phi) is 10.6. The number of benzene rings is 4. The SMILES string of the molecule is C=CCC(/C=C\C)c1c2ccccc2c(C/C=C\c2cc(C(/C=C\C)=C/C(C)c3ccncc3)ccc2C=C)c2ccccc12. The van der Waals surface area contributed by atoms with E-state index in [2.05, 4.69) is 160 Å². The van der Waals surface area contributed by atoms with Crippen LogP contribution in [-0.2, 0) is 6.42 Å². The van der Waals surface area contributed by atoms with Crippen molar-refractivity contribution in [2.24, 2.45) is 0 Å². The van der Waals surface area contributed by atoms with Crippen LogP contribution in [0.4, 0.5) is 0 Å². The van der Waals surface area contributed by atoms with E-state index in [-0.39, 0.29) is 11.8 Å². The van der Waals surface area contributed by atoms with Crippen molar-refractivity contribution in [2.45, 2.75) is 45.4 Å². The molecule has 5 aromatic rings. The quantitative estimate of drug-likeness (QED) is 0.0806. The van der Waals surface area contributed by atoms with E-state index < -0.39 is 0 Å². The third-order valence-electron chi connectivity index (χ3n) is 8.57. The summed E-state index contributed by atoms with van der Waals surface area (Å²) in [5.41, 5.74) is 8.68. The summed E-state index contributed by atoms with van der Waals surface area (Å²) in [6, 6.07) is 28.6. The Morgan fingerprint density at radius 2 is 1.47 bits per heavy atom. The minimum atomic E-state index is 0.265. The number of aromatic nitrogens is 1. The average molecular weight is 586 g/mol. The average Bonchev–Trinajstić information content (AvgIpc) is 3.08. The molecule has 0 radical (unpaired) electrons. The molecule has 0 spiro atoms. The third-order valence-corrected chi connectivity index (χ3v) is 8.57. The normalized spacial score (nSPS) is 13.7. The van der Waals surface area contributed by atoms with Crippen molar-refractivity contribution in [3.8, 4) is 0 Å². The fourth-order valence-electron chi connectivity index (χ4n) is 6.42. The second kappa shape index (κ2) is 15.1. The number of nitrogens with zero attached hydrogens (tertiary/aromatic N) is 1. The highest BCUT2D eigenvalue weighted by molar-refractivity contribution is 6.06. The number of hydrogen-bond acceptors (Lipinski definition) is 1. The van der Waals surface area contributed by atoms with Crippen LogP contribution >= 0.6 is 0 Å². The molecule has 0 fully saturated rings. The van der Waals surface area contributed by atoms with Crippen LogP contribution < -0.4 is 0 Å². The van der Waals surface area contributed by atoms with E-state index in [1.807, 2.05) is 24.5 Å². The molecule has 0 aliphatic carbocycles. The van der Waals surface area contributed by atoms with Crippen LogP contribution in [0.5, 0.6) is 0 Å². The lowest BCUT2D eigenvalue weighted by Gasteiger charge is -2.21. The molecule has 1 heterocycles. The molecular formula is C44H43N. The van der Waals surface area contributed by atoms with E-state index in [1.54, 1.807) is 0 Å². The largest absolute Gasteiger partial charge is 0.265 e. The fourth-order valence-corrected chi connectivity index (χ4v) is 6.42. The zero-order chi connectivity index (χ0) is 31.6. The van der Waals surface area contributed by atoms with Crippen LogP contribution in [0.1, 0.15) is 72.4 Å². The minimum Gasteiger partial charge on any atom is -0.265 e. The number of fused-ring (bicyclic) bond motifs is 2. The standard InChI is InChI=1S/C44H43N/c1-6-15-35(16-7-2)44-42-21-12-10-19-40(42)39(41-20-11-13-22-43(41)44)23-14-18-37-31-38(25-24-33(37)9-4)36(17-8-3)30-32(5)34-26-28-45-29-27-34/h6-14,16-22,24-32,35H,1,4,15,23H2,2-3,5H3/b16-7-,17-8-,18-14-,36-30+. The highest BCUT2D eigenvalue weighted by Gasteiger charge is 2.18. The van der Waals surface area contributed by atoms with Crippen LogP contribution in [0.3, 0.4) is 0 Å². The summed E-state index contributed by atoms with van der Waals surface area (Å²) in [6.07, 6.45) is 25.1. The van der Waals surface area contributed by atoms with Gasteiger partial charge in [-0.15, -0.1) is 6.58 Å². The van der Waals surface area contributed by atoms with Gasteiger partial charge in [0, 0.05) is 18.3 Å². The van der Waals surface area contributed by atoms with Gasteiger partial charge >= 0.3 is 0 Å². The maximum atomic E-state index is 4.18. The molecule has 0 aliphatic rings. The predicted molar refractivity (Wildman–Crippen MR) is 199 cm³/mol. The molecule has 224 valence electrons. The summed E-state index contributed by atoms with van der Waals surface area (Å²) < 4.78 is 0. The lowest BCUT2D eigenvalue weighted by molar-refractivity contribution is 0.880.